The summed E-state index contributed by atoms with van der Waals surface area (Å²) in [4.78, 5) is 23.4. The van der Waals surface area contributed by atoms with Crippen molar-refractivity contribution in [1.82, 2.24) is 9.97 Å². The average molecular weight is 327 g/mol. The number of aromatic nitrogens is 2. The van der Waals surface area contributed by atoms with Crippen molar-refractivity contribution in [1.29, 1.82) is 0 Å². The van der Waals surface area contributed by atoms with Gasteiger partial charge < -0.3 is 31.5 Å². The number of nitrogen functional groups attached to an aromatic ring is 1. The molecule has 12 heteroatoms. The predicted octanol–water partition coefficient (Wildman–Crippen LogP) is -4.44. The van der Waals surface area contributed by atoms with Crippen molar-refractivity contribution in [2.24, 2.45) is 16.5 Å². The molecule has 3 rings (SSSR count). The fourth-order valence-electron chi connectivity index (χ4n) is 2.67. The number of aromatic amines is 1. The lowest BCUT2D eigenvalue weighted by Gasteiger charge is -2.37. The van der Waals surface area contributed by atoms with E-state index in [1.807, 2.05) is 0 Å². The van der Waals surface area contributed by atoms with Crippen molar-refractivity contribution < 1.29 is 20.1 Å². The van der Waals surface area contributed by atoms with Crippen molar-refractivity contribution in [3.05, 3.63) is 15.9 Å². The summed E-state index contributed by atoms with van der Waals surface area (Å²) in [7, 11) is 0. The number of H-pyrrole nitrogens is 1. The molecule has 0 spiro atoms. The number of nitrogens with two attached hydrogens (primary N) is 3. The van der Waals surface area contributed by atoms with Gasteiger partial charge in [0.2, 0.25) is 5.95 Å². The molecule has 2 aliphatic rings. The molecule has 2 aliphatic heterocycles. The smallest absolute Gasteiger partial charge is 0.265 e. The van der Waals surface area contributed by atoms with Crippen LogP contribution in [0, 0.1) is 0 Å². The Balaban J connectivity index is 2.10. The van der Waals surface area contributed by atoms with Gasteiger partial charge in [0.1, 0.15) is 29.7 Å². The van der Waals surface area contributed by atoms with Gasteiger partial charge in [0, 0.05) is 0 Å². The molecule has 0 saturated carbocycles. The van der Waals surface area contributed by atoms with E-state index in [2.05, 4.69) is 15.0 Å². The lowest BCUT2D eigenvalue weighted by Crippen LogP contribution is -2.56. The highest BCUT2D eigenvalue weighted by atomic mass is 16.6. The van der Waals surface area contributed by atoms with E-state index in [4.69, 9.17) is 21.9 Å². The highest BCUT2D eigenvalue weighted by molar-refractivity contribution is 6.03. The maximum Gasteiger partial charge on any atom is 0.265 e. The Morgan fingerprint density at radius 3 is 2.61 bits per heavy atom. The molecule has 1 aromatic heterocycles. The number of aliphatic hydroxyl groups is 3. The molecule has 0 amide bonds. The van der Waals surface area contributed by atoms with Gasteiger partial charge in [0.05, 0.1) is 6.61 Å². The summed E-state index contributed by atoms with van der Waals surface area (Å²) >= 11 is 0. The van der Waals surface area contributed by atoms with E-state index in [1.54, 1.807) is 0 Å². The number of aliphatic imine (C=N–C) groups is 1. The largest absolute Gasteiger partial charge is 0.394 e. The second-order valence-electron chi connectivity index (χ2n) is 5.21. The minimum Gasteiger partial charge on any atom is -0.394 e. The highest BCUT2D eigenvalue weighted by Crippen LogP contribution is 2.31. The Morgan fingerprint density at radius 2 is 2.00 bits per heavy atom. The van der Waals surface area contributed by atoms with Gasteiger partial charge in [-0.25, -0.2) is 4.99 Å². The SMILES string of the molecule is NC1=NC(N)N([C@@H]2O[C@H](CO)[C@@H](O)[C@H]2O)c2nc(N)[nH]c(=O)c21. The number of aliphatic hydroxyl groups excluding tert-OH is 3. The Hall–Kier alpha value is -2.25. The van der Waals surface area contributed by atoms with Gasteiger partial charge in [0.15, 0.2) is 18.3 Å². The molecular formula is C11H17N7O5. The zero-order valence-corrected chi connectivity index (χ0v) is 11.8. The second-order valence-corrected chi connectivity index (χ2v) is 5.21. The summed E-state index contributed by atoms with van der Waals surface area (Å²) in [5.41, 5.74) is 16.4. The van der Waals surface area contributed by atoms with Crippen LogP contribution in [0.1, 0.15) is 5.56 Å². The van der Waals surface area contributed by atoms with E-state index in [9.17, 15) is 20.1 Å². The van der Waals surface area contributed by atoms with E-state index < -0.39 is 43.0 Å². The summed E-state index contributed by atoms with van der Waals surface area (Å²) in [6, 6.07) is 0. The molecule has 0 aromatic carbocycles. The third-order valence-electron chi connectivity index (χ3n) is 3.77. The number of rotatable bonds is 2. The summed E-state index contributed by atoms with van der Waals surface area (Å²) in [6.45, 7) is -0.513. The standard InChI is InChI=1S/C11H17N7O5/c12-6-3-7(16-10(13)17-8(3)22)18(11(14)15-6)9-5(21)4(20)2(1-19)23-9/h2,4-5,9,11,19-21H,1,14H2,(H2,12,15)(H3,13,16,17,22)/t2-,4-,5-,9-,11?/m1/s1. The Kier molecular flexibility index (Phi) is 3.69. The van der Waals surface area contributed by atoms with Crippen LogP contribution in [-0.4, -0.2) is 68.6 Å². The van der Waals surface area contributed by atoms with Gasteiger partial charge >= 0.3 is 0 Å². The van der Waals surface area contributed by atoms with Crippen LogP contribution in [0.15, 0.2) is 9.79 Å². The Bertz CT molecular complexity index is 706. The molecule has 5 atom stereocenters. The van der Waals surface area contributed by atoms with E-state index in [0.29, 0.717) is 0 Å². The quantitative estimate of drug-likeness (QED) is 0.277. The van der Waals surface area contributed by atoms with Crippen molar-refractivity contribution in [3.63, 3.8) is 0 Å². The molecule has 1 aromatic rings. The zero-order chi connectivity index (χ0) is 16.9. The number of nitrogens with one attached hydrogen (secondary N) is 1. The average Bonchev–Trinajstić information content (AvgIpc) is 2.74. The van der Waals surface area contributed by atoms with E-state index in [0.717, 1.165) is 0 Å². The summed E-state index contributed by atoms with van der Waals surface area (Å²) in [5, 5.41) is 29.2. The minimum absolute atomic E-state index is 0.0268. The van der Waals surface area contributed by atoms with E-state index in [-0.39, 0.29) is 23.2 Å². The molecule has 1 saturated heterocycles. The minimum atomic E-state index is -1.41. The number of fused-ring (bicyclic) bond motifs is 1. The molecule has 0 bridgehead atoms. The van der Waals surface area contributed by atoms with Crippen LogP contribution in [0.25, 0.3) is 0 Å². The summed E-state index contributed by atoms with van der Waals surface area (Å²) in [5.74, 6) is -0.349. The van der Waals surface area contributed by atoms with Crippen LogP contribution in [0.5, 0.6) is 0 Å². The highest BCUT2D eigenvalue weighted by Gasteiger charge is 2.48. The number of hydrogen-bond donors (Lipinski definition) is 7. The molecule has 0 radical (unpaired) electrons. The first-order valence-corrected chi connectivity index (χ1v) is 6.75. The van der Waals surface area contributed by atoms with Crippen molar-refractivity contribution in [3.8, 4) is 0 Å². The number of amidine groups is 1. The fourth-order valence-corrected chi connectivity index (χ4v) is 2.67. The summed E-state index contributed by atoms with van der Waals surface area (Å²) < 4.78 is 5.41. The number of ether oxygens (including phenoxy) is 1. The molecule has 12 nitrogen and oxygen atoms in total. The third kappa shape index (κ3) is 2.32. The number of nitrogens with zero attached hydrogens (tertiary/aromatic N) is 3. The topological polar surface area (TPSA) is 209 Å². The predicted molar refractivity (Wildman–Crippen MR) is 78.2 cm³/mol. The molecule has 10 N–H and O–H groups in total. The van der Waals surface area contributed by atoms with Crippen LogP contribution in [-0.2, 0) is 4.74 Å². The van der Waals surface area contributed by atoms with Gasteiger partial charge in [0.25, 0.3) is 5.56 Å². The molecule has 3 heterocycles. The normalized spacial score (nSPS) is 33.5. The first kappa shape index (κ1) is 15.6. The van der Waals surface area contributed by atoms with E-state index in [1.165, 1.54) is 4.90 Å². The van der Waals surface area contributed by atoms with Crippen molar-refractivity contribution in [2.45, 2.75) is 30.8 Å². The Morgan fingerprint density at radius 1 is 1.30 bits per heavy atom. The van der Waals surface area contributed by atoms with Gasteiger partial charge in [-0.1, -0.05) is 0 Å². The second kappa shape index (κ2) is 5.43. The first-order chi connectivity index (χ1) is 10.8. The lowest BCUT2D eigenvalue weighted by molar-refractivity contribution is -0.0248. The summed E-state index contributed by atoms with van der Waals surface area (Å²) in [6.07, 6.45) is -6.10. The maximum absolute atomic E-state index is 12.0. The van der Waals surface area contributed by atoms with Crippen molar-refractivity contribution in [2.75, 3.05) is 17.2 Å². The van der Waals surface area contributed by atoms with Gasteiger partial charge in [-0.05, 0) is 0 Å². The van der Waals surface area contributed by atoms with Crippen molar-refractivity contribution >= 4 is 17.6 Å². The third-order valence-corrected chi connectivity index (χ3v) is 3.77. The Labute approximate surface area is 129 Å². The first-order valence-electron chi connectivity index (χ1n) is 6.75. The van der Waals surface area contributed by atoms with Gasteiger partial charge in [-0.3, -0.25) is 20.4 Å². The fraction of sp³-hybridized carbons (Fsp3) is 0.545. The lowest BCUT2D eigenvalue weighted by atomic mass is 10.1. The maximum atomic E-state index is 12.0. The van der Waals surface area contributed by atoms with Crippen LogP contribution in [0.3, 0.4) is 0 Å². The molecule has 1 unspecified atom stereocenters. The van der Waals surface area contributed by atoms with Crippen LogP contribution in [0.2, 0.25) is 0 Å². The monoisotopic (exact) mass is 327 g/mol. The van der Waals surface area contributed by atoms with Gasteiger partial charge in [-0.2, -0.15) is 4.98 Å². The molecule has 23 heavy (non-hydrogen) atoms. The zero-order valence-electron chi connectivity index (χ0n) is 11.8. The molecule has 0 aliphatic carbocycles. The van der Waals surface area contributed by atoms with Crippen LogP contribution < -0.4 is 27.7 Å². The van der Waals surface area contributed by atoms with Gasteiger partial charge in [-0.15, -0.1) is 0 Å². The molecule has 126 valence electrons. The number of hydrogen-bond acceptors (Lipinski definition) is 11. The van der Waals surface area contributed by atoms with E-state index >= 15 is 0 Å². The van der Waals surface area contributed by atoms with Crippen LogP contribution in [0.4, 0.5) is 11.8 Å². The molecular weight excluding hydrogens is 310 g/mol. The number of anilines is 2. The van der Waals surface area contributed by atoms with Crippen LogP contribution >= 0.6 is 0 Å². The molecule has 1 fully saturated rings.